The van der Waals surface area contributed by atoms with Gasteiger partial charge in [-0.3, -0.25) is 4.79 Å². The lowest BCUT2D eigenvalue weighted by molar-refractivity contribution is -0.130. The minimum atomic E-state index is -0.325. The Morgan fingerprint density at radius 3 is 2.74 bits per heavy atom. The zero-order chi connectivity index (χ0) is 13.8. The molecule has 2 unspecified atom stereocenters. The average Bonchev–Trinajstić information content (AvgIpc) is 2.87. The van der Waals surface area contributed by atoms with Gasteiger partial charge in [-0.1, -0.05) is 23.7 Å². The van der Waals surface area contributed by atoms with E-state index in [2.05, 4.69) is 0 Å². The molecular weight excluding hydrogens is 262 g/mol. The number of carbonyl (C=O) groups is 1. The van der Waals surface area contributed by atoms with Crippen LogP contribution in [0.1, 0.15) is 25.3 Å². The van der Waals surface area contributed by atoms with Crippen LogP contribution in [0.3, 0.4) is 0 Å². The standard InChI is InChI=1S/C15H20ClNO2/c1-11(18)13-8-9-17(10-13)15(19)7-4-12-2-5-14(16)6-3-12/h2-3,5-6,11,13,18H,4,7-10H2,1H3. The number of halogens is 1. The zero-order valence-electron chi connectivity index (χ0n) is 11.2. The smallest absolute Gasteiger partial charge is 0.222 e. The molecule has 1 saturated heterocycles. The minimum Gasteiger partial charge on any atom is -0.393 e. The van der Waals surface area contributed by atoms with Crippen LogP contribution in [0.25, 0.3) is 0 Å². The van der Waals surface area contributed by atoms with Crippen molar-refractivity contribution in [1.82, 2.24) is 4.90 Å². The van der Waals surface area contributed by atoms with Crippen molar-refractivity contribution >= 4 is 17.5 Å². The first kappa shape index (κ1) is 14.4. The number of hydrogen-bond acceptors (Lipinski definition) is 2. The molecule has 104 valence electrons. The molecule has 2 atom stereocenters. The summed E-state index contributed by atoms with van der Waals surface area (Å²) in [6.45, 7) is 3.26. The topological polar surface area (TPSA) is 40.5 Å². The van der Waals surface area contributed by atoms with Crippen LogP contribution >= 0.6 is 11.6 Å². The van der Waals surface area contributed by atoms with Gasteiger partial charge in [0.25, 0.3) is 0 Å². The van der Waals surface area contributed by atoms with E-state index < -0.39 is 0 Å². The van der Waals surface area contributed by atoms with E-state index in [9.17, 15) is 9.90 Å². The maximum absolute atomic E-state index is 12.1. The molecule has 1 aliphatic heterocycles. The van der Waals surface area contributed by atoms with E-state index in [1.165, 1.54) is 0 Å². The first-order valence-electron chi connectivity index (χ1n) is 6.76. The Bertz CT molecular complexity index is 430. The maximum Gasteiger partial charge on any atom is 0.222 e. The Labute approximate surface area is 119 Å². The Balaban J connectivity index is 1.80. The van der Waals surface area contributed by atoms with Crippen LogP contribution in [0.15, 0.2) is 24.3 Å². The largest absolute Gasteiger partial charge is 0.393 e. The van der Waals surface area contributed by atoms with E-state index >= 15 is 0 Å². The second-order valence-electron chi connectivity index (χ2n) is 5.26. The minimum absolute atomic E-state index is 0.179. The summed E-state index contributed by atoms with van der Waals surface area (Å²) in [5.74, 6) is 0.414. The lowest BCUT2D eigenvalue weighted by Crippen LogP contribution is -2.30. The summed E-state index contributed by atoms with van der Waals surface area (Å²) in [6.07, 6.45) is 1.85. The highest BCUT2D eigenvalue weighted by Crippen LogP contribution is 2.20. The van der Waals surface area contributed by atoms with Crippen molar-refractivity contribution in [2.24, 2.45) is 5.92 Å². The highest BCUT2D eigenvalue weighted by atomic mass is 35.5. The van der Waals surface area contributed by atoms with Gasteiger partial charge in [0.15, 0.2) is 0 Å². The Morgan fingerprint density at radius 1 is 1.47 bits per heavy atom. The fourth-order valence-corrected chi connectivity index (χ4v) is 2.59. The molecule has 1 fully saturated rings. The average molecular weight is 282 g/mol. The third-order valence-electron chi connectivity index (χ3n) is 3.80. The quantitative estimate of drug-likeness (QED) is 0.921. The summed E-state index contributed by atoms with van der Waals surface area (Å²) in [5, 5.41) is 10.3. The molecule has 19 heavy (non-hydrogen) atoms. The van der Waals surface area contributed by atoms with Crippen molar-refractivity contribution in [3.8, 4) is 0 Å². The molecule has 0 aliphatic carbocycles. The van der Waals surface area contributed by atoms with Crippen LogP contribution in [0.5, 0.6) is 0 Å². The molecule has 3 nitrogen and oxygen atoms in total. The van der Waals surface area contributed by atoms with Crippen molar-refractivity contribution in [2.75, 3.05) is 13.1 Å². The number of amides is 1. The normalized spacial score (nSPS) is 20.6. The second-order valence-corrected chi connectivity index (χ2v) is 5.69. The van der Waals surface area contributed by atoms with E-state index in [1.807, 2.05) is 29.2 Å². The van der Waals surface area contributed by atoms with Gasteiger partial charge in [-0.2, -0.15) is 0 Å². The monoisotopic (exact) mass is 281 g/mol. The summed E-state index contributed by atoms with van der Waals surface area (Å²) in [4.78, 5) is 13.9. The molecule has 1 N–H and O–H groups in total. The molecule has 1 heterocycles. The zero-order valence-corrected chi connectivity index (χ0v) is 11.9. The van der Waals surface area contributed by atoms with Crippen molar-refractivity contribution < 1.29 is 9.90 Å². The lowest BCUT2D eigenvalue weighted by Gasteiger charge is -2.17. The first-order valence-corrected chi connectivity index (χ1v) is 7.14. The SMILES string of the molecule is CC(O)C1CCN(C(=O)CCc2ccc(Cl)cc2)C1. The van der Waals surface area contributed by atoms with Gasteiger partial charge in [-0.25, -0.2) is 0 Å². The third-order valence-corrected chi connectivity index (χ3v) is 4.05. The molecule has 0 aromatic heterocycles. The third kappa shape index (κ3) is 3.95. The van der Waals surface area contributed by atoms with Crippen molar-refractivity contribution in [1.29, 1.82) is 0 Å². The van der Waals surface area contributed by atoms with Crippen LogP contribution in [0, 0.1) is 5.92 Å². The summed E-state index contributed by atoms with van der Waals surface area (Å²) < 4.78 is 0. The van der Waals surface area contributed by atoms with E-state index in [0.717, 1.165) is 30.0 Å². The highest BCUT2D eigenvalue weighted by molar-refractivity contribution is 6.30. The lowest BCUT2D eigenvalue weighted by atomic mass is 10.0. The summed E-state index contributed by atoms with van der Waals surface area (Å²) in [6, 6.07) is 7.61. The molecule has 0 saturated carbocycles. The molecule has 1 aliphatic rings. The van der Waals surface area contributed by atoms with Crippen LogP contribution in [0.2, 0.25) is 5.02 Å². The fraction of sp³-hybridized carbons (Fsp3) is 0.533. The highest BCUT2D eigenvalue weighted by Gasteiger charge is 2.28. The van der Waals surface area contributed by atoms with Crippen LogP contribution in [-0.2, 0) is 11.2 Å². The number of benzene rings is 1. The molecule has 4 heteroatoms. The Kier molecular flexibility index (Phi) is 4.83. The fourth-order valence-electron chi connectivity index (χ4n) is 2.47. The number of aliphatic hydroxyl groups excluding tert-OH is 1. The van der Waals surface area contributed by atoms with Gasteiger partial charge in [0.2, 0.25) is 5.91 Å². The molecule has 2 rings (SSSR count). The number of likely N-dealkylation sites (tertiary alicyclic amines) is 1. The van der Waals surface area contributed by atoms with Gasteiger partial charge >= 0.3 is 0 Å². The Hall–Kier alpha value is -1.06. The molecule has 1 aromatic rings. The van der Waals surface area contributed by atoms with Crippen LogP contribution < -0.4 is 0 Å². The molecule has 1 aromatic carbocycles. The van der Waals surface area contributed by atoms with Gasteiger partial charge in [0, 0.05) is 30.5 Å². The molecule has 0 radical (unpaired) electrons. The van der Waals surface area contributed by atoms with E-state index in [1.54, 1.807) is 6.92 Å². The number of nitrogens with zero attached hydrogens (tertiary/aromatic N) is 1. The second kappa shape index (κ2) is 6.40. The first-order chi connectivity index (χ1) is 9.06. The number of rotatable bonds is 4. The van der Waals surface area contributed by atoms with Crippen molar-refractivity contribution in [3.63, 3.8) is 0 Å². The summed E-state index contributed by atoms with van der Waals surface area (Å²) >= 11 is 5.82. The van der Waals surface area contributed by atoms with E-state index in [4.69, 9.17) is 11.6 Å². The Morgan fingerprint density at radius 2 is 2.16 bits per heavy atom. The van der Waals surface area contributed by atoms with Gasteiger partial charge in [-0.05, 0) is 37.5 Å². The predicted octanol–water partition coefficient (Wildman–Crippen LogP) is 2.50. The molecule has 1 amide bonds. The maximum atomic E-state index is 12.1. The van der Waals surface area contributed by atoms with Crippen molar-refractivity contribution in [3.05, 3.63) is 34.9 Å². The number of hydrogen-bond donors (Lipinski definition) is 1. The molecular formula is C15H20ClNO2. The van der Waals surface area contributed by atoms with Gasteiger partial charge in [-0.15, -0.1) is 0 Å². The van der Waals surface area contributed by atoms with Gasteiger partial charge < -0.3 is 10.0 Å². The van der Waals surface area contributed by atoms with Crippen LogP contribution in [-0.4, -0.2) is 35.1 Å². The molecule has 0 spiro atoms. The van der Waals surface area contributed by atoms with Gasteiger partial charge in [0.1, 0.15) is 0 Å². The molecule has 0 bridgehead atoms. The summed E-state index contributed by atoms with van der Waals surface area (Å²) in [5.41, 5.74) is 1.13. The number of aryl methyl sites for hydroxylation is 1. The van der Waals surface area contributed by atoms with Gasteiger partial charge in [0.05, 0.1) is 6.10 Å². The number of carbonyl (C=O) groups excluding carboxylic acids is 1. The predicted molar refractivity (Wildman–Crippen MR) is 76.1 cm³/mol. The van der Waals surface area contributed by atoms with E-state index in [-0.39, 0.29) is 17.9 Å². The summed E-state index contributed by atoms with van der Waals surface area (Å²) in [7, 11) is 0. The van der Waals surface area contributed by atoms with Crippen molar-refractivity contribution in [2.45, 2.75) is 32.3 Å². The number of aliphatic hydroxyl groups is 1. The van der Waals surface area contributed by atoms with E-state index in [0.29, 0.717) is 13.0 Å². The van der Waals surface area contributed by atoms with Crippen LogP contribution in [0.4, 0.5) is 0 Å².